The van der Waals surface area contributed by atoms with Crippen molar-refractivity contribution >= 4 is 40.7 Å². The molecule has 170 valence electrons. The molecule has 3 aromatic rings. The smallest absolute Gasteiger partial charge is 0.309 e. The van der Waals surface area contributed by atoms with E-state index < -0.39 is 29.8 Å². The molecule has 6 nitrogen and oxygen atoms in total. The predicted molar refractivity (Wildman–Crippen MR) is 127 cm³/mol. The molecule has 2 N–H and O–H groups in total. The fourth-order valence-corrected chi connectivity index (χ4v) is 5.03. The molecule has 2 aromatic carbocycles. The van der Waals surface area contributed by atoms with Crippen molar-refractivity contribution in [1.82, 2.24) is 4.90 Å². The number of amides is 2. The number of imide groups is 1. The Hall–Kier alpha value is -3.00. The second-order valence-electron chi connectivity index (χ2n) is 7.96. The Morgan fingerprint density at radius 2 is 1.61 bits per heavy atom. The first kappa shape index (κ1) is 23.2. The highest BCUT2D eigenvalue weighted by Gasteiger charge is 2.36. The molecule has 1 aromatic heterocycles. The van der Waals surface area contributed by atoms with E-state index in [4.69, 9.17) is 11.6 Å². The van der Waals surface area contributed by atoms with E-state index in [-0.39, 0.29) is 19.4 Å². The zero-order valence-electron chi connectivity index (χ0n) is 17.6. The quantitative estimate of drug-likeness (QED) is 0.428. The molecular formula is C25H22ClNO5S. The first-order chi connectivity index (χ1) is 15.8. The maximum atomic E-state index is 12.5. The summed E-state index contributed by atoms with van der Waals surface area (Å²) < 4.78 is 0. The summed E-state index contributed by atoms with van der Waals surface area (Å²) in [5.41, 5.74) is 2.72. The van der Waals surface area contributed by atoms with Crippen molar-refractivity contribution in [2.45, 2.75) is 25.4 Å². The maximum Gasteiger partial charge on any atom is 0.309 e. The van der Waals surface area contributed by atoms with Crippen molar-refractivity contribution in [2.24, 2.45) is 5.92 Å². The van der Waals surface area contributed by atoms with Gasteiger partial charge >= 0.3 is 5.97 Å². The van der Waals surface area contributed by atoms with E-state index in [1.807, 2.05) is 35.7 Å². The van der Waals surface area contributed by atoms with Crippen molar-refractivity contribution in [2.75, 3.05) is 6.54 Å². The van der Waals surface area contributed by atoms with E-state index in [0.717, 1.165) is 20.9 Å². The van der Waals surface area contributed by atoms with Crippen LogP contribution in [0.5, 0.6) is 0 Å². The number of thiophene rings is 1. The zero-order chi connectivity index (χ0) is 23.5. The van der Waals surface area contributed by atoms with E-state index in [0.29, 0.717) is 22.6 Å². The van der Waals surface area contributed by atoms with Gasteiger partial charge in [-0.25, -0.2) is 0 Å². The van der Waals surface area contributed by atoms with Crippen molar-refractivity contribution < 1.29 is 24.6 Å². The number of carbonyl (C=O) groups is 3. The van der Waals surface area contributed by atoms with Crippen molar-refractivity contribution in [3.05, 3.63) is 81.0 Å². The fraction of sp³-hybridized carbons (Fsp3) is 0.240. The number of halogens is 1. The van der Waals surface area contributed by atoms with Gasteiger partial charge in [0.2, 0.25) is 0 Å². The number of benzene rings is 2. The van der Waals surface area contributed by atoms with Crippen molar-refractivity contribution in [3.63, 3.8) is 0 Å². The standard InChI is InChI=1S/C25H22ClNO5S/c26-17-7-5-15(6-8-17)16-13-18(33-14-16)9-10-22(28)21(25(31)32)11-12-27-23(29)19-3-1-2-4-20(19)24(27)30/h1-8,13-14,21-22,28H,9-12H2,(H,31,32)/t21-,22+/m0/s1. The molecule has 0 saturated carbocycles. The normalized spacial score (nSPS) is 14.9. The van der Waals surface area contributed by atoms with E-state index in [1.54, 1.807) is 35.6 Å². The summed E-state index contributed by atoms with van der Waals surface area (Å²) in [5, 5.41) is 22.9. The number of aryl methyl sites for hydroxylation is 1. The number of fused-ring (bicyclic) bond motifs is 1. The van der Waals surface area contributed by atoms with Crippen molar-refractivity contribution in [3.8, 4) is 11.1 Å². The number of rotatable bonds is 9. The number of aliphatic hydroxyl groups is 1. The molecule has 8 heteroatoms. The summed E-state index contributed by atoms with van der Waals surface area (Å²) in [7, 11) is 0. The van der Waals surface area contributed by atoms with Gasteiger partial charge in [0.05, 0.1) is 23.1 Å². The van der Waals surface area contributed by atoms with Gasteiger partial charge in [0.25, 0.3) is 11.8 Å². The molecule has 0 bridgehead atoms. The van der Waals surface area contributed by atoms with Gasteiger partial charge in [-0.2, -0.15) is 0 Å². The number of aliphatic hydroxyl groups excluding tert-OH is 1. The van der Waals surface area contributed by atoms with Crippen LogP contribution < -0.4 is 0 Å². The van der Waals surface area contributed by atoms with Gasteiger partial charge in [0, 0.05) is 16.4 Å². The Kier molecular flexibility index (Phi) is 6.93. The lowest BCUT2D eigenvalue weighted by Gasteiger charge is -2.21. The molecule has 2 atom stereocenters. The van der Waals surface area contributed by atoms with Crippen LogP contribution in [0.25, 0.3) is 11.1 Å². The molecule has 33 heavy (non-hydrogen) atoms. The lowest BCUT2D eigenvalue weighted by Crippen LogP contribution is -2.36. The van der Waals surface area contributed by atoms with Crippen LogP contribution in [0.1, 0.15) is 38.4 Å². The van der Waals surface area contributed by atoms with Gasteiger partial charge in [-0.05, 0) is 66.1 Å². The van der Waals surface area contributed by atoms with Crippen LogP contribution >= 0.6 is 22.9 Å². The Morgan fingerprint density at radius 1 is 0.970 bits per heavy atom. The second-order valence-corrected chi connectivity index (χ2v) is 9.39. The van der Waals surface area contributed by atoms with Gasteiger partial charge in [-0.1, -0.05) is 35.9 Å². The molecule has 0 saturated heterocycles. The highest BCUT2D eigenvalue weighted by atomic mass is 35.5. The minimum absolute atomic E-state index is 0.0115. The van der Waals surface area contributed by atoms with Gasteiger partial charge in [-0.3, -0.25) is 19.3 Å². The average Bonchev–Trinajstić information content (AvgIpc) is 3.37. The van der Waals surface area contributed by atoms with Gasteiger partial charge in [0.15, 0.2) is 0 Å². The molecule has 1 aliphatic heterocycles. The summed E-state index contributed by atoms with van der Waals surface area (Å²) >= 11 is 7.49. The molecule has 4 rings (SSSR count). The summed E-state index contributed by atoms with van der Waals surface area (Å²) in [6.45, 7) is -0.0555. The van der Waals surface area contributed by atoms with Gasteiger partial charge in [0.1, 0.15) is 0 Å². The number of carbonyl (C=O) groups excluding carboxylic acids is 2. The third-order valence-corrected chi connectivity index (χ3v) is 7.09. The van der Waals surface area contributed by atoms with Crippen LogP contribution in [0.4, 0.5) is 0 Å². The van der Waals surface area contributed by atoms with Crippen molar-refractivity contribution in [1.29, 1.82) is 0 Å². The number of carboxylic acid groups (broad SMARTS) is 1. The molecule has 0 fully saturated rings. The molecule has 1 aliphatic rings. The zero-order valence-corrected chi connectivity index (χ0v) is 19.2. The van der Waals surface area contributed by atoms with E-state index in [2.05, 4.69) is 0 Å². The number of hydrogen-bond acceptors (Lipinski definition) is 5. The first-order valence-electron chi connectivity index (χ1n) is 10.5. The SMILES string of the molecule is O=C(O)[C@@H](CCN1C(=O)c2ccccc2C1=O)[C@H](O)CCc1cc(-c2ccc(Cl)cc2)cs1. The van der Waals surface area contributed by atoms with Crippen LogP contribution in [-0.2, 0) is 11.2 Å². The topological polar surface area (TPSA) is 94.9 Å². The van der Waals surface area contributed by atoms with Crippen LogP contribution in [0, 0.1) is 5.92 Å². The lowest BCUT2D eigenvalue weighted by atomic mass is 9.94. The largest absolute Gasteiger partial charge is 0.481 e. The van der Waals surface area contributed by atoms with Gasteiger partial charge in [-0.15, -0.1) is 11.3 Å². The van der Waals surface area contributed by atoms with E-state index in [9.17, 15) is 24.6 Å². The molecule has 0 aliphatic carbocycles. The third kappa shape index (κ3) is 5.00. The third-order valence-electron chi connectivity index (χ3n) is 5.84. The number of aliphatic carboxylic acids is 1. The van der Waals surface area contributed by atoms with Crippen LogP contribution in [0.3, 0.4) is 0 Å². The fourth-order valence-electron chi connectivity index (χ4n) is 3.99. The van der Waals surface area contributed by atoms with E-state index >= 15 is 0 Å². The van der Waals surface area contributed by atoms with Crippen LogP contribution in [0.2, 0.25) is 5.02 Å². The molecule has 0 radical (unpaired) electrons. The minimum Gasteiger partial charge on any atom is -0.481 e. The monoisotopic (exact) mass is 483 g/mol. The molecule has 2 amide bonds. The number of hydrogen-bond donors (Lipinski definition) is 2. The Morgan fingerprint density at radius 3 is 2.21 bits per heavy atom. The number of carboxylic acids is 1. The van der Waals surface area contributed by atoms with Gasteiger partial charge < -0.3 is 10.2 Å². The Labute approximate surface area is 200 Å². The first-order valence-corrected chi connectivity index (χ1v) is 11.8. The van der Waals surface area contributed by atoms with Crippen LogP contribution in [-0.4, -0.2) is 45.5 Å². The highest BCUT2D eigenvalue weighted by molar-refractivity contribution is 7.10. The summed E-state index contributed by atoms with van der Waals surface area (Å²) in [6.07, 6.45) is -0.322. The maximum absolute atomic E-state index is 12.5. The predicted octanol–water partition coefficient (Wildman–Crippen LogP) is 4.75. The van der Waals surface area contributed by atoms with E-state index in [1.165, 1.54) is 0 Å². The average molecular weight is 484 g/mol. The Balaban J connectivity index is 1.35. The summed E-state index contributed by atoms with van der Waals surface area (Å²) in [5.74, 6) is -3.08. The number of nitrogens with zero attached hydrogens (tertiary/aromatic N) is 1. The summed E-state index contributed by atoms with van der Waals surface area (Å²) in [6, 6.07) is 16.1. The molecule has 2 heterocycles. The Bertz CT molecular complexity index is 1150. The second kappa shape index (κ2) is 9.87. The molecular weight excluding hydrogens is 462 g/mol. The van der Waals surface area contributed by atoms with Crippen LogP contribution in [0.15, 0.2) is 60.0 Å². The summed E-state index contributed by atoms with van der Waals surface area (Å²) in [4.78, 5) is 38.9. The minimum atomic E-state index is -1.15. The molecule has 0 unspecified atom stereocenters. The molecule has 0 spiro atoms. The highest BCUT2D eigenvalue weighted by Crippen LogP contribution is 2.29. The lowest BCUT2D eigenvalue weighted by molar-refractivity contribution is -0.146.